The maximum Gasteiger partial charge on any atom is 0.320 e. The predicted molar refractivity (Wildman–Crippen MR) is 68.5 cm³/mol. The highest BCUT2D eigenvalue weighted by Crippen LogP contribution is 2.32. The summed E-state index contributed by atoms with van der Waals surface area (Å²) in [4.78, 5) is 13.3. The largest absolute Gasteiger partial charge is 0.508 e. The molecule has 2 unspecified atom stereocenters. The van der Waals surface area contributed by atoms with Crippen molar-refractivity contribution in [2.45, 2.75) is 38.3 Å². The minimum atomic E-state index is -0.767. The number of hydrogen-bond donors (Lipinski definition) is 2. The highest BCUT2D eigenvalue weighted by Gasteiger charge is 2.32. The van der Waals surface area contributed by atoms with Gasteiger partial charge in [0.1, 0.15) is 11.8 Å². The van der Waals surface area contributed by atoms with Crippen LogP contribution >= 0.6 is 0 Å². The molecule has 0 bridgehead atoms. The van der Waals surface area contributed by atoms with E-state index in [1.54, 1.807) is 12.1 Å². The molecule has 1 saturated heterocycles. The first kappa shape index (κ1) is 12.9. The van der Waals surface area contributed by atoms with E-state index in [4.69, 9.17) is 0 Å². The number of para-hydroxylation sites is 1. The third-order valence-corrected chi connectivity index (χ3v) is 3.71. The molecule has 0 saturated carbocycles. The highest BCUT2D eigenvalue weighted by molar-refractivity contribution is 5.73. The first-order valence-electron chi connectivity index (χ1n) is 6.37. The number of carboxylic acid groups (broad SMARTS) is 1. The Morgan fingerprint density at radius 1 is 1.39 bits per heavy atom. The lowest BCUT2D eigenvalue weighted by Gasteiger charge is -2.37. The molecule has 2 rings (SSSR count). The van der Waals surface area contributed by atoms with Gasteiger partial charge in [0.2, 0.25) is 0 Å². The summed E-state index contributed by atoms with van der Waals surface area (Å²) in [6.07, 6.45) is 2.66. The molecule has 2 atom stereocenters. The molecule has 2 N–H and O–H groups in total. The van der Waals surface area contributed by atoms with Crippen LogP contribution in [-0.2, 0) is 4.79 Å². The van der Waals surface area contributed by atoms with Gasteiger partial charge in [-0.15, -0.1) is 0 Å². The lowest BCUT2D eigenvalue weighted by molar-refractivity contribution is -0.145. The first-order valence-corrected chi connectivity index (χ1v) is 6.37. The fourth-order valence-corrected chi connectivity index (χ4v) is 2.70. The van der Waals surface area contributed by atoms with Gasteiger partial charge in [-0.2, -0.15) is 0 Å². The van der Waals surface area contributed by atoms with Crippen LogP contribution in [0, 0.1) is 0 Å². The van der Waals surface area contributed by atoms with Crippen LogP contribution in [0.2, 0.25) is 0 Å². The van der Waals surface area contributed by atoms with Crippen molar-refractivity contribution in [1.82, 2.24) is 4.90 Å². The highest BCUT2D eigenvalue weighted by atomic mass is 16.4. The Labute approximate surface area is 107 Å². The number of rotatable bonds is 3. The average molecular weight is 249 g/mol. The lowest BCUT2D eigenvalue weighted by Crippen LogP contribution is -2.45. The van der Waals surface area contributed by atoms with Crippen molar-refractivity contribution < 1.29 is 15.0 Å². The summed E-state index contributed by atoms with van der Waals surface area (Å²) in [5, 5.41) is 19.1. The van der Waals surface area contributed by atoms with E-state index >= 15 is 0 Å². The molecule has 0 radical (unpaired) electrons. The molecule has 1 heterocycles. The second kappa shape index (κ2) is 5.40. The van der Waals surface area contributed by atoms with Crippen LogP contribution in [0.4, 0.5) is 0 Å². The minimum absolute atomic E-state index is 0.0763. The van der Waals surface area contributed by atoms with Gasteiger partial charge in [0.25, 0.3) is 0 Å². The number of nitrogens with zero attached hydrogens (tertiary/aromatic N) is 1. The molecular weight excluding hydrogens is 230 g/mol. The Kier molecular flexibility index (Phi) is 3.87. The van der Waals surface area contributed by atoms with Crippen LogP contribution in [0.15, 0.2) is 24.3 Å². The SMILES string of the molecule is CC(c1ccccc1O)N1CCCCC1C(=O)O. The maximum atomic E-state index is 11.3. The topological polar surface area (TPSA) is 60.8 Å². The lowest BCUT2D eigenvalue weighted by atomic mass is 9.97. The van der Waals surface area contributed by atoms with Crippen molar-refractivity contribution in [2.75, 3.05) is 6.54 Å². The molecule has 1 fully saturated rings. The number of phenolic OH excluding ortho intramolecular Hbond substituents is 1. The molecular formula is C14H19NO3. The Morgan fingerprint density at radius 3 is 2.78 bits per heavy atom. The zero-order valence-electron chi connectivity index (χ0n) is 10.5. The number of phenols is 1. The minimum Gasteiger partial charge on any atom is -0.508 e. The second-order valence-electron chi connectivity index (χ2n) is 4.82. The molecule has 0 amide bonds. The summed E-state index contributed by atoms with van der Waals surface area (Å²) in [5.74, 6) is -0.531. The molecule has 0 aromatic heterocycles. The number of carbonyl (C=O) groups is 1. The van der Waals surface area contributed by atoms with Crippen LogP contribution in [0.3, 0.4) is 0 Å². The fourth-order valence-electron chi connectivity index (χ4n) is 2.70. The van der Waals surface area contributed by atoms with Crippen LogP contribution in [0.5, 0.6) is 5.75 Å². The number of likely N-dealkylation sites (tertiary alicyclic amines) is 1. The molecule has 1 aliphatic rings. The molecule has 4 nitrogen and oxygen atoms in total. The smallest absolute Gasteiger partial charge is 0.320 e. The zero-order chi connectivity index (χ0) is 13.1. The molecule has 18 heavy (non-hydrogen) atoms. The van der Waals surface area contributed by atoms with Gasteiger partial charge in [-0.1, -0.05) is 24.6 Å². The van der Waals surface area contributed by atoms with E-state index in [1.807, 2.05) is 24.0 Å². The van der Waals surface area contributed by atoms with Crippen molar-refractivity contribution in [3.63, 3.8) is 0 Å². The van der Waals surface area contributed by atoms with E-state index in [-0.39, 0.29) is 11.8 Å². The van der Waals surface area contributed by atoms with Gasteiger partial charge < -0.3 is 10.2 Å². The monoisotopic (exact) mass is 249 g/mol. The average Bonchev–Trinajstić information content (AvgIpc) is 2.38. The van der Waals surface area contributed by atoms with Crippen molar-refractivity contribution >= 4 is 5.97 Å². The van der Waals surface area contributed by atoms with Crippen LogP contribution in [0.25, 0.3) is 0 Å². The van der Waals surface area contributed by atoms with Gasteiger partial charge in [0.15, 0.2) is 0 Å². The van der Waals surface area contributed by atoms with Crippen LogP contribution < -0.4 is 0 Å². The number of aromatic hydroxyl groups is 1. The van der Waals surface area contributed by atoms with Crippen LogP contribution in [-0.4, -0.2) is 33.7 Å². The van der Waals surface area contributed by atoms with Crippen molar-refractivity contribution in [3.05, 3.63) is 29.8 Å². The number of carboxylic acids is 1. The third-order valence-electron chi connectivity index (χ3n) is 3.71. The van der Waals surface area contributed by atoms with Crippen molar-refractivity contribution in [3.8, 4) is 5.75 Å². The van der Waals surface area contributed by atoms with E-state index < -0.39 is 12.0 Å². The van der Waals surface area contributed by atoms with E-state index in [2.05, 4.69) is 0 Å². The fraction of sp³-hybridized carbons (Fsp3) is 0.500. The Morgan fingerprint density at radius 2 is 2.11 bits per heavy atom. The number of piperidine rings is 1. The summed E-state index contributed by atoms with van der Waals surface area (Å²) in [6, 6.07) is 6.63. The van der Waals surface area contributed by atoms with Crippen molar-refractivity contribution in [1.29, 1.82) is 0 Å². The number of aliphatic carboxylic acids is 1. The van der Waals surface area contributed by atoms with E-state index in [1.165, 1.54) is 0 Å². The van der Waals surface area contributed by atoms with Gasteiger partial charge in [0, 0.05) is 11.6 Å². The molecule has 1 aromatic rings. The molecule has 0 aliphatic carbocycles. The second-order valence-corrected chi connectivity index (χ2v) is 4.82. The predicted octanol–water partition coefficient (Wildman–Crippen LogP) is 2.39. The van der Waals surface area contributed by atoms with Crippen LogP contribution in [0.1, 0.15) is 37.8 Å². The Bertz CT molecular complexity index is 433. The third kappa shape index (κ3) is 2.48. The molecule has 1 aromatic carbocycles. The van der Waals surface area contributed by atoms with Gasteiger partial charge in [-0.25, -0.2) is 0 Å². The maximum absolute atomic E-state index is 11.3. The Hall–Kier alpha value is -1.55. The van der Waals surface area contributed by atoms with Gasteiger partial charge in [-0.3, -0.25) is 9.69 Å². The van der Waals surface area contributed by atoms with E-state index in [0.29, 0.717) is 6.42 Å². The van der Waals surface area contributed by atoms with Gasteiger partial charge in [0.05, 0.1) is 0 Å². The quantitative estimate of drug-likeness (QED) is 0.863. The molecule has 1 aliphatic heterocycles. The normalized spacial score (nSPS) is 22.6. The zero-order valence-corrected chi connectivity index (χ0v) is 10.5. The van der Waals surface area contributed by atoms with Gasteiger partial charge >= 0.3 is 5.97 Å². The summed E-state index contributed by atoms with van der Waals surface area (Å²) in [7, 11) is 0. The van der Waals surface area contributed by atoms with E-state index in [0.717, 1.165) is 24.9 Å². The summed E-state index contributed by atoms with van der Waals surface area (Å²) in [5.41, 5.74) is 0.797. The van der Waals surface area contributed by atoms with Crippen molar-refractivity contribution in [2.24, 2.45) is 0 Å². The van der Waals surface area contributed by atoms with Gasteiger partial charge in [-0.05, 0) is 32.4 Å². The van der Waals surface area contributed by atoms with E-state index in [9.17, 15) is 15.0 Å². The summed E-state index contributed by atoms with van der Waals surface area (Å²) >= 11 is 0. The number of hydrogen-bond acceptors (Lipinski definition) is 3. The molecule has 0 spiro atoms. The standard InChI is InChI=1S/C14H19NO3/c1-10(11-6-2-3-8-13(11)16)15-9-5-4-7-12(15)14(17)18/h2-3,6,8,10,12,16H,4-5,7,9H2,1H3,(H,17,18). The summed E-state index contributed by atoms with van der Waals surface area (Å²) < 4.78 is 0. The summed E-state index contributed by atoms with van der Waals surface area (Å²) in [6.45, 7) is 2.72. The Balaban J connectivity index is 2.23. The molecule has 98 valence electrons. The number of benzene rings is 1. The molecule has 4 heteroatoms. The first-order chi connectivity index (χ1) is 8.61.